The smallest absolute Gasteiger partial charge is 0.332 e. The van der Waals surface area contributed by atoms with Gasteiger partial charge in [-0.25, -0.2) is 9.18 Å². The zero-order valence-corrected chi connectivity index (χ0v) is 20.4. The van der Waals surface area contributed by atoms with Crippen LogP contribution in [0.25, 0.3) is 11.2 Å². The van der Waals surface area contributed by atoms with E-state index in [2.05, 4.69) is 9.80 Å². The minimum absolute atomic E-state index is 0.239. The van der Waals surface area contributed by atoms with E-state index in [1.807, 2.05) is 28.8 Å². The number of anilines is 1. The van der Waals surface area contributed by atoms with Crippen LogP contribution in [0.1, 0.15) is 11.1 Å². The zero-order valence-electron chi connectivity index (χ0n) is 19.6. The van der Waals surface area contributed by atoms with E-state index in [1.165, 1.54) is 23.7 Å². The Balaban J connectivity index is 1.50. The molecular formula is C25H26ClFN6O2. The molecule has 0 saturated carbocycles. The molecule has 2 aromatic heterocycles. The van der Waals surface area contributed by atoms with Crippen molar-refractivity contribution in [1.29, 1.82) is 0 Å². The van der Waals surface area contributed by atoms with Crippen molar-refractivity contribution in [1.82, 2.24) is 23.6 Å². The van der Waals surface area contributed by atoms with Gasteiger partial charge in [0.25, 0.3) is 5.56 Å². The molecule has 1 aliphatic heterocycles. The number of nitrogens with zero attached hydrogens (tertiary/aromatic N) is 6. The number of fused-ring (bicyclic) bond motifs is 1. The first kappa shape index (κ1) is 23.3. The molecule has 35 heavy (non-hydrogen) atoms. The lowest BCUT2D eigenvalue weighted by molar-refractivity contribution is 0.248. The van der Waals surface area contributed by atoms with Crippen molar-refractivity contribution >= 4 is 28.7 Å². The van der Waals surface area contributed by atoms with Crippen molar-refractivity contribution < 1.29 is 4.39 Å². The summed E-state index contributed by atoms with van der Waals surface area (Å²) < 4.78 is 17.6. The van der Waals surface area contributed by atoms with Gasteiger partial charge in [-0.1, -0.05) is 41.9 Å². The third-order valence-corrected chi connectivity index (χ3v) is 6.96. The zero-order chi connectivity index (χ0) is 24.7. The highest BCUT2D eigenvalue weighted by atomic mass is 35.5. The Bertz CT molecular complexity index is 1500. The summed E-state index contributed by atoms with van der Waals surface area (Å²) in [4.78, 5) is 35.0. The molecule has 2 aromatic carbocycles. The number of rotatable bonds is 5. The number of aryl methyl sites for hydroxylation is 1. The normalized spacial score (nSPS) is 14.7. The van der Waals surface area contributed by atoms with Crippen LogP contribution >= 0.6 is 11.6 Å². The number of hydrogen-bond acceptors (Lipinski definition) is 5. The standard InChI is InChI=1S/C25H26ClFN6O2/c1-29-22-21(23(34)30(2)25(29)35)33(16-18-5-3-4-6-20(18)26)24(28-22)32-13-11-31(12-14-32)15-17-7-9-19(27)10-8-17/h3-10H,11-16H2,1-2H3. The molecule has 182 valence electrons. The molecule has 4 aromatic rings. The first-order valence-electron chi connectivity index (χ1n) is 11.4. The molecule has 3 heterocycles. The third-order valence-electron chi connectivity index (χ3n) is 6.59. The molecule has 5 rings (SSSR count). The van der Waals surface area contributed by atoms with E-state index in [4.69, 9.17) is 16.6 Å². The van der Waals surface area contributed by atoms with Crippen LogP contribution < -0.4 is 16.1 Å². The van der Waals surface area contributed by atoms with Gasteiger partial charge in [0.15, 0.2) is 11.2 Å². The fraction of sp³-hybridized carbons (Fsp3) is 0.320. The van der Waals surface area contributed by atoms with Crippen LogP contribution in [0.5, 0.6) is 0 Å². The predicted octanol–water partition coefficient (Wildman–Crippen LogP) is 2.60. The highest BCUT2D eigenvalue weighted by molar-refractivity contribution is 6.31. The number of halogens is 2. The topological polar surface area (TPSA) is 68.3 Å². The summed E-state index contributed by atoms with van der Waals surface area (Å²) in [5, 5.41) is 0.603. The van der Waals surface area contributed by atoms with Gasteiger partial charge in [0.1, 0.15) is 5.82 Å². The van der Waals surface area contributed by atoms with Crippen molar-refractivity contribution in [3.05, 3.63) is 91.3 Å². The third kappa shape index (κ3) is 4.37. The summed E-state index contributed by atoms with van der Waals surface area (Å²) in [6, 6.07) is 14.1. The van der Waals surface area contributed by atoms with Crippen molar-refractivity contribution in [2.75, 3.05) is 31.1 Å². The van der Waals surface area contributed by atoms with E-state index in [-0.39, 0.29) is 11.4 Å². The second-order valence-corrected chi connectivity index (χ2v) is 9.26. The van der Waals surface area contributed by atoms with Gasteiger partial charge in [-0.05, 0) is 29.3 Å². The molecule has 1 fully saturated rings. The molecule has 0 unspecified atom stereocenters. The molecular weight excluding hydrogens is 471 g/mol. The van der Waals surface area contributed by atoms with Gasteiger partial charge < -0.3 is 4.90 Å². The van der Waals surface area contributed by atoms with Crippen LogP contribution in [0.4, 0.5) is 10.3 Å². The molecule has 10 heteroatoms. The van der Waals surface area contributed by atoms with Crippen LogP contribution in [0.2, 0.25) is 5.02 Å². The van der Waals surface area contributed by atoms with E-state index in [0.717, 1.165) is 35.3 Å². The monoisotopic (exact) mass is 496 g/mol. The summed E-state index contributed by atoms with van der Waals surface area (Å²) in [6.45, 7) is 4.05. The molecule has 0 amide bonds. The van der Waals surface area contributed by atoms with Gasteiger partial charge in [0.05, 0.1) is 6.54 Å². The Hall–Kier alpha value is -3.43. The van der Waals surface area contributed by atoms with Crippen molar-refractivity contribution in [3.8, 4) is 0 Å². The van der Waals surface area contributed by atoms with Gasteiger partial charge in [-0.15, -0.1) is 0 Å². The van der Waals surface area contributed by atoms with Crippen LogP contribution in [-0.4, -0.2) is 49.8 Å². The Morgan fingerprint density at radius 3 is 2.29 bits per heavy atom. The van der Waals surface area contributed by atoms with E-state index in [9.17, 15) is 14.0 Å². The predicted molar refractivity (Wildman–Crippen MR) is 135 cm³/mol. The van der Waals surface area contributed by atoms with Gasteiger partial charge in [0, 0.05) is 51.8 Å². The number of hydrogen-bond donors (Lipinski definition) is 0. The lowest BCUT2D eigenvalue weighted by Crippen LogP contribution is -2.47. The van der Waals surface area contributed by atoms with E-state index in [0.29, 0.717) is 41.8 Å². The number of benzene rings is 2. The molecule has 0 radical (unpaired) electrons. The van der Waals surface area contributed by atoms with Crippen LogP contribution in [0.15, 0.2) is 58.1 Å². The molecule has 1 aliphatic rings. The first-order chi connectivity index (χ1) is 16.8. The first-order valence-corrected chi connectivity index (χ1v) is 11.8. The number of piperazine rings is 1. The Labute approximate surface area is 206 Å². The highest BCUT2D eigenvalue weighted by Crippen LogP contribution is 2.25. The second kappa shape index (κ2) is 9.31. The Morgan fingerprint density at radius 1 is 0.914 bits per heavy atom. The van der Waals surface area contributed by atoms with Gasteiger partial charge >= 0.3 is 5.69 Å². The molecule has 0 atom stereocenters. The van der Waals surface area contributed by atoms with Crippen LogP contribution in [0, 0.1) is 5.82 Å². The maximum Gasteiger partial charge on any atom is 0.332 e. The summed E-state index contributed by atoms with van der Waals surface area (Å²) in [5.74, 6) is 0.399. The summed E-state index contributed by atoms with van der Waals surface area (Å²) in [7, 11) is 3.10. The maximum atomic E-state index is 13.2. The molecule has 0 N–H and O–H groups in total. The van der Waals surface area contributed by atoms with Gasteiger partial charge in [-0.2, -0.15) is 4.98 Å². The summed E-state index contributed by atoms with van der Waals surface area (Å²) in [6.07, 6.45) is 0. The minimum Gasteiger partial charge on any atom is -0.340 e. The van der Waals surface area contributed by atoms with Gasteiger partial charge in [-0.3, -0.25) is 23.4 Å². The molecule has 8 nitrogen and oxygen atoms in total. The molecule has 0 aliphatic carbocycles. The summed E-state index contributed by atoms with van der Waals surface area (Å²) in [5.41, 5.74) is 1.85. The Kier molecular flexibility index (Phi) is 6.21. The fourth-order valence-electron chi connectivity index (χ4n) is 4.58. The van der Waals surface area contributed by atoms with Crippen LogP contribution in [0.3, 0.4) is 0 Å². The maximum absolute atomic E-state index is 13.2. The van der Waals surface area contributed by atoms with Crippen LogP contribution in [-0.2, 0) is 27.2 Å². The SMILES string of the molecule is Cn1c(=O)c2c(nc(N3CCN(Cc4ccc(F)cc4)CC3)n2Cc2ccccc2Cl)n(C)c1=O. The average Bonchev–Trinajstić information content (AvgIpc) is 3.24. The lowest BCUT2D eigenvalue weighted by Gasteiger charge is -2.35. The second-order valence-electron chi connectivity index (χ2n) is 8.86. The van der Waals surface area contributed by atoms with E-state index < -0.39 is 5.69 Å². The highest BCUT2D eigenvalue weighted by Gasteiger charge is 2.26. The lowest BCUT2D eigenvalue weighted by atomic mass is 10.2. The van der Waals surface area contributed by atoms with E-state index >= 15 is 0 Å². The van der Waals surface area contributed by atoms with Crippen molar-refractivity contribution in [2.24, 2.45) is 14.1 Å². The molecule has 1 saturated heterocycles. The quantitative estimate of drug-likeness (QED) is 0.425. The number of imidazole rings is 1. The fourth-order valence-corrected chi connectivity index (χ4v) is 4.77. The van der Waals surface area contributed by atoms with Crippen molar-refractivity contribution in [2.45, 2.75) is 13.1 Å². The minimum atomic E-state index is -0.416. The number of aromatic nitrogens is 4. The Morgan fingerprint density at radius 2 is 1.60 bits per heavy atom. The summed E-state index contributed by atoms with van der Waals surface area (Å²) >= 11 is 6.45. The average molecular weight is 497 g/mol. The van der Waals surface area contributed by atoms with Gasteiger partial charge in [0.2, 0.25) is 5.95 Å². The van der Waals surface area contributed by atoms with E-state index in [1.54, 1.807) is 19.2 Å². The molecule has 0 bridgehead atoms. The van der Waals surface area contributed by atoms with Crippen molar-refractivity contribution in [3.63, 3.8) is 0 Å². The largest absolute Gasteiger partial charge is 0.340 e. The molecule has 0 spiro atoms.